The van der Waals surface area contributed by atoms with Gasteiger partial charge in [-0.15, -0.1) is 0 Å². The van der Waals surface area contributed by atoms with Crippen LogP contribution in [-0.2, 0) is 9.53 Å². The number of hydrogen-bond donors (Lipinski definition) is 1. The van der Waals surface area contributed by atoms with E-state index >= 15 is 0 Å². The first-order valence-corrected chi connectivity index (χ1v) is 7.36. The average Bonchev–Trinajstić information content (AvgIpc) is 3.17. The minimum atomic E-state index is -0.464. The molecule has 7 heteroatoms. The number of hydrogen-bond acceptors (Lipinski definition) is 6. The Labute approximate surface area is 128 Å². The van der Waals surface area contributed by atoms with E-state index < -0.39 is 6.04 Å². The van der Waals surface area contributed by atoms with Crippen LogP contribution in [0.4, 0.5) is 5.95 Å². The summed E-state index contributed by atoms with van der Waals surface area (Å²) in [6.07, 6.45) is 4.65. The van der Waals surface area contributed by atoms with Gasteiger partial charge in [0.25, 0.3) is 0 Å². The van der Waals surface area contributed by atoms with Gasteiger partial charge < -0.3 is 14.5 Å². The molecule has 1 aliphatic heterocycles. The summed E-state index contributed by atoms with van der Waals surface area (Å²) in [5.41, 5.74) is 1.33. The lowest BCUT2D eigenvalue weighted by atomic mass is 9.98. The molecule has 0 spiro atoms. The minimum Gasteiger partial charge on any atom is -0.467 e. The zero-order valence-electron chi connectivity index (χ0n) is 12.6. The summed E-state index contributed by atoms with van der Waals surface area (Å²) in [6.45, 7) is 4.16. The van der Waals surface area contributed by atoms with Crippen LogP contribution < -0.4 is 5.32 Å². The van der Waals surface area contributed by atoms with E-state index in [4.69, 9.17) is 9.15 Å². The molecule has 3 rings (SSSR count). The second kappa shape index (κ2) is 6.05. The van der Waals surface area contributed by atoms with Gasteiger partial charge in [0.2, 0.25) is 5.95 Å². The molecule has 1 N–H and O–H groups in total. The van der Waals surface area contributed by atoms with Crippen molar-refractivity contribution in [3.63, 3.8) is 0 Å². The van der Waals surface area contributed by atoms with Gasteiger partial charge in [0.1, 0.15) is 18.1 Å². The Morgan fingerprint density at radius 1 is 1.50 bits per heavy atom. The predicted octanol–water partition coefficient (Wildman–Crippen LogP) is 2.50. The molecule has 1 aliphatic rings. The van der Waals surface area contributed by atoms with Gasteiger partial charge in [0.05, 0.1) is 18.4 Å². The van der Waals surface area contributed by atoms with Crippen LogP contribution >= 0.6 is 0 Å². The number of rotatable bonds is 5. The smallest absolute Gasteiger partial charge is 0.338 e. The third-order valence-electron chi connectivity index (χ3n) is 3.49. The first-order valence-electron chi connectivity index (χ1n) is 7.36. The molecule has 1 atom stereocenters. The number of carbonyl (C=O) groups excluding carboxylic acids is 1. The number of nitrogens with one attached hydrogen (secondary N) is 1. The van der Waals surface area contributed by atoms with E-state index in [0.29, 0.717) is 23.9 Å². The molecule has 0 aromatic carbocycles. The summed E-state index contributed by atoms with van der Waals surface area (Å²) in [7, 11) is 0. The molecule has 3 heterocycles. The molecule has 0 saturated heterocycles. The van der Waals surface area contributed by atoms with Crippen LogP contribution in [0.25, 0.3) is 0 Å². The van der Waals surface area contributed by atoms with Crippen molar-refractivity contribution in [3.8, 4) is 0 Å². The lowest BCUT2D eigenvalue weighted by molar-refractivity contribution is -0.139. The van der Waals surface area contributed by atoms with E-state index in [-0.39, 0.29) is 5.97 Å². The Morgan fingerprint density at radius 2 is 2.36 bits per heavy atom. The van der Waals surface area contributed by atoms with Crippen molar-refractivity contribution in [2.75, 3.05) is 11.9 Å². The summed E-state index contributed by atoms with van der Waals surface area (Å²) >= 11 is 0. The van der Waals surface area contributed by atoms with E-state index in [1.807, 2.05) is 6.07 Å². The van der Waals surface area contributed by atoms with Crippen LogP contribution in [0.5, 0.6) is 0 Å². The Morgan fingerprint density at radius 3 is 3.05 bits per heavy atom. The zero-order chi connectivity index (χ0) is 15.5. The van der Waals surface area contributed by atoms with Gasteiger partial charge in [-0.25, -0.2) is 9.48 Å². The minimum absolute atomic E-state index is 0.316. The highest BCUT2D eigenvalue weighted by molar-refractivity contribution is 5.92. The number of carbonyl (C=O) groups is 1. The summed E-state index contributed by atoms with van der Waals surface area (Å²) < 4.78 is 12.4. The van der Waals surface area contributed by atoms with Crippen LogP contribution in [0, 0.1) is 0 Å². The molecule has 0 saturated carbocycles. The maximum absolute atomic E-state index is 12.5. The first kappa shape index (κ1) is 14.4. The topological polar surface area (TPSA) is 82.2 Å². The highest BCUT2D eigenvalue weighted by atomic mass is 16.5. The second-order valence-electron chi connectivity index (χ2n) is 4.93. The lowest BCUT2D eigenvalue weighted by Crippen LogP contribution is -2.30. The molecule has 0 amide bonds. The SMILES string of the molecule is CCCC1=C(C(=O)OCC)C(c2ccco2)n2ncnc2N1. The summed E-state index contributed by atoms with van der Waals surface area (Å²) in [5.74, 6) is 0.865. The first-order chi connectivity index (χ1) is 10.8. The van der Waals surface area contributed by atoms with E-state index in [9.17, 15) is 4.79 Å². The molecular formula is C15H18N4O3. The van der Waals surface area contributed by atoms with Gasteiger partial charge in [-0.05, 0) is 25.5 Å². The van der Waals surface area contributed by atoms with Gasteiger partial charge in [-0.2, -0.15) is 10.1 Å². The molecule has 0 bridgehead atoms. The van der Waals surface area contributed by atoms with Crippen molar-refractivity contribution in [1.29, 1.82) is 0 Å². The molecular weight excluding hydrogens is 284 g/mol. The molecule has 116 valence electrons. The van der Waals surface area contributed by atoms with Crippen molar-refractivity contribution < 1.29 is 13.9 Å². The number of fused-ring (bicyclic) bond motifs is 1. The van der Waals surface area contributed by atoms with Gasteiger partial charge >= 0.3 is 5.97 Å². The Hall–Kier alpha value is -2.57. The predicted molar refractivity (Wildman–Crippen MR) is 79.1 cm³/mol. The van der Waals surface area contributed by atoms with Crippen molar-refractivity contribution in [2.45, 2.75) is 32.7 Å². The normalized spacial score (nSPS) is 17.1. The highest BCUT2D eigenvalue weighted by Gasteiger charge is 2.36. The largest absolute Gasteiger partial charge is 0.467 e. The van der Waals surface area contributed by atoms with E-state index in [1.54, 1.807) is 23.9 Å². The van der Waals surface area contributed by atoms with Crippen molar-refractivity contribution >= 4 is 11.9 Å². The average molecular weight is 302 g/mol. The summed E-state index contributed by atoms with van der Waals surface area (Å²) in [6, 6.07) is 3.15. The lowest BCUT2D eigenvalue weighted by Gasteiger charge is -2.27. The maximum atomic E-state index is 12.5. The number of esters is 1. The van der Waals surface area contributed by atoms with Crippen molar-refractivity contribution in [3.05, 3.63) is 41.8 Å². The highest BCUT2D eigenvalue weighted by Crippen LogP contribution is 2.36. The van der Waals surface area contributed by atoms with Crippen LogP contribution in [0.3, 0.4) is 0 Å². The number of ether oxygens (including phenoxy) is 1. The third-order valence-corrected chi connectivity index (χ3v) is 3.49. The standard InChI is InChI=1S/C15H18N4O3/c1-3-6-10-12(14(20)21-4-2)13(11-7-5-8-22-11)19-15(18-10)16-9-17-19/h5,7-9,13H,3-4,6H2,1-2H3,(H,16,17,18). The van der Waals surface area contributed by atoms with Gasteiger partial charge in [-0.3, -0.25) is 0 Å². The summed E-state index contributed by atoms with van der Waals surface area (Å²) in [4.78, 5) is 16.7. The fraction of sp³-hybridized carbons (Fsp3) is 0.400. The molecule has 22 heavy (non-hydrogen) atoms. The molecule has 1 unspecified atom stereocenters. The van der Waals surface area contributed by atoms with Crippen LogP contribution in [0.2, 0.25) is 0 Å². The molecule has 0 fully saturated rings. The Bertz CT molecular complexity index is 687. The monoisotopic (exact) mass is 302 g/mol. The van der Waals surface area contributed by atoms with Gasteiger partial charge in [0.15, 0.2) is 0 Å². The van der Waals surface area contributed by atoms with Crippen LogP contribution in [-0.4, -0.2) is 27.3 Å². The van der Waals surface area contributed by atoms with Gasteiger partial charge in [-0.1, -0.05) is 13.3 Å². The van der Waals surface area contributed by atoms with E-state index in [0.717, 1.165) is 18.5 Å². The quantitative estimate of drug-likeness (QED) is 0.855. The summed E-state index contributed by atoms with van der Waals surface area (Å²) in [5, 5.41) is 7.41. The number of nitrogens with zero attached hydrogens (tertiary/aromatic N) is 3. The molecule has 2 aromatic heterocycles. The van der Waals surface area contributed by atoms with E-state index in [1.165, 1.54) is 6.33 Å². The Balaban J connectivity index is 2.13. The van der Waals surface area contributed by atoms with E-state index in [2.05, 4.69) is 22.3 Å². The Kier molecular flexibility index (Phi) is 3.95. The maximum Gasteiger partial charge on any atom is 0.338 e. The molecule has 7 nitrogen and oxygen atoms in total. The van der Waals surface area contributed by atoms with Crippen molar-refractivity contribution in [1.82, 2.24) is 14.8 Å². The van der Waals surface area contributed by atoms with Crippen LogP contribution in [0.1, 0.15) is 38.5 Å². The number of anilines is 1. The fourth-order valence-corrected chi connectivity index (χ4v) is 2.62. The molecule has 0 radical (unpaired) electrons. The zero-order valence-corrected chi connectivity index (χ0v) is 12.6. The second-order valence-corrected chi connectivity index (χ2v) is 4.93. The number of furan rings is 1. The third kappa shape index (κ3) is 2.38. The number of aromatic nitrogens is 3. The fourth-order valence-electron chi connectivity index (χ4n) is 2.62. The molecule has 2 aromatic rings. The number of allylic oxidation sites excluding steroid dienone is 1. The van der Waals surface area contributed by atoms with Gasteiger partial charge in [0, 0.05) is 5.70 Å². The van der Waals surface area contributed by atoms with Crippen LogP contribution in [0.15, 0.2) is 40.4 Å². The van der Waals surface area contributed by atoms with Crippen molar-refractivity contribution in [2.24, 2.45) is 0 Å². The molecule has 0 aliphatic carbocycles.